The van der Waals surface area contributed by atoms with E-state index in [1.165, 1.54) is 26.4 Å². The lowest BCUT2D eigenvalue weighted by molar-refractivity contribution is 0.120. The molecule has 19 heavy (non-hydrogen) atoms. The summed E-state index contributed by atoms with van der Waals surface area (Å²) in [5.41, 5.74) is 6.17. The van der Waals surface area contributed by atoms with Gasteiger partial charge in [-0.2, -0.15) is 0 Å². The van der Waals surface area contributed by atoms with E-state index < -0.39 is 18.0 Å². The van der Waals surface area contributed by atoms with E-state index in [1.54, 1.807) is 0 Å². The Morgan fingerprint density at radius 3 is 2.26 bits per heavy atom. The van der Waals surface area contributed by atoms with Crippen molar-refractivity contribution >= 4 is 12.4 Å². The molecule has 2 atom stereocenters. The number of halogens is 2. The molecule has 3 N–H and O–H groups in total. The van der Waals surface area contributed by atoms with Gasteiger partial charge in [-0.1, -0.05) is 0 Å². The summed E-state index contributed by atoms with van der Waals surface area (Å²) >= 11 is 0. The van der Waals surface area contributed by atoms with Crippen LogP contribution in [0.5, 0.6) is 11.5 Å². The number of aliphatic hydroxyl groups excluding tert-OH is 1. The van der Waals surface area contributed by atoms with Gasteiger partial charge in [0, 0.05) is 11.6 Å². The average Bonchev–Trinajstić information content (AvgIpc) is 3.20. The van der Waals surface area contributed by atoms with Crippen LogP contribution in [0.25, 0.3) is 0 Å². The van der Waals surface area contributed by atoms with Crippen molar-refractivity contribution in [3.8, 4) is 11.5 Å². The highest BCUT2D eigenvalue weighted by Crippen LogP contribution is 2.39. The van der Waals surface area contributed by atoms with Crippen LogP contribution in [-0.2, 0) is 0 Å². The van der Waals surface area contributed by atoms with Gasteiger partial charge in [-0.25, -0.2) is 4.39 Å². The first kappa shape index (κ1) is 16.0. The van der Waals surface area contributed by atoms with E-state index in [9.17, 15) is 9.50 Å². The van der Waals surface area contributed by atoms with Crippen LogP contribution in [-0.4, -0.2) is 25.4 Å². The Morgan fingerprint density at radius 1 is 1.26 bits per heavy atom. The standard InChI is InChI=1S/C13H18FNO3.ClH/c1-17-10-5-8(9(14)6-11(10)18-2)12(15)13(16)7-3-4-7;/h5-7,12-13,16H,3-4,15H2,1-2H3;1H/t12-,13+;/m1./s1. The smallest absolute Gasteiger partial charge is 0.163 e. The van der Waals surface area contributed by atoms with Crippen molar-refractivity contribution in [3.63, 3.8) is 0 Å². The van der Waals surface area contributed by atoms with Crippen LogP contribution in [0.4, 0.5) is 4.39 Å². The molecule has 0 aromatic heterocycles. The highest BCUT2D eigenvalue weighted by molar-refractivity contribution is 5.85. The molecule has 1 aliphatic carbocycles. The second-order valence-corrected chi connectivity index (χ2v) is 4.58. The summed E-state index contributed by atoms with van der Waals surface area (Å²) in [4.78, 5) is 0. The van der Waals surface area contributed by atoms with Crippen molar-refractivity contribution in [1.29, 1.82) is 0 Å². The zero-order valence-corrected chi connectivity index (χ0v) is 11.7. The minimum atomic E-state index is -0.739. The fourth-order valence-electron chi connectivity index (χ4n) is 2.04. The Morgan fingerprint density at radius 2 is 1.79 bits per heavy atom. The topological polar surface area (TPSA) is 64.7 Å². The molecule has 4 nitrogen and oxygen atoms in total. The lowest BCUT2D eigenvalue weighted by atomic mass is 9.98. The molecule has 1 aromatic rings. The molecule has 0 unspecified atom stereocenters. The first-order valence-corrected chi connectivity index (χ1v) is 5.93. The molecule has 0 bridgehead atoms. The van der Waals surface area contributed by atoms with Crippen molar-refractivity contribution in [1.82, 2.24) is 0 Å². The maximum absolute atomic E-state index is 13.9. The third kappa shape index (κ3) is 3.29. The largest absolute Gasteiger partial charge is 0.493 e. The quantitative estimate of drug-likeness (QED) is 0.871. The predicted molar refractivity (Wildman–Crippen MR) is 72.4 cm³/mol. The Labute approximate surface area is 118 Å². The van der Waals surface area contributed by atoms with Crippen molar-refractivity contribution in [2.24, 2.45) is 11.7 Å². The van der Waals surface area contributed by atoms with Gasteiger partial charge in [0.15, 0.2) is 11.5 Å². The Kier molecular flexibility index (Phi) is 5.40. The van der Waals surface area contributed by atoms with E-state index in [2.05, 4.69) is 0 Å². The van der Waals surface area contributed by atoms with Crippen LogP contribution in [0.3, 0.4) is 0 Å². The molecular formula is C13H19ClFNO3. The monoisotopic (exact) mass is 291 g/mol. The Bertz CT molecular complexity index is 440. The molecular weight excluding hydrogens is 273 g/mol. The van der Waals surface area contributed by atoms with Crippen molar-refractivity contribution in [2.75, 3.05) is 14.2 Å². The summed E-state index contributed by atoms with van der Waals surface area (Å²) in [7, 11) is 2.92. The molecule has 0 spiro atoms. The van der Waals surface area contributed by atoms with Gasteiger partial charge in [0.2, 0.25) is 0 Å². The van der Waals surface area contributed by atoms with E-state index in [0.717, 1.165) is 12.8 Å². The number of hydrogen-bond donors (Lipinski definition) is 2. The molecule has 1 saturated carbocycles. The molecule has 0 saturated heterocycles. The molecule has 0 amide bonds. The van der Waals surface area contributed by atoms with Crippen molar-refractivity contribution in [2.45, 2.75) is 25.0 Å². The summed E-state index contributed by atoms with van der Waals surface area (Å²) in [6.45, 7) is 0. The lowest BCUT2D eigenvalue weighted by Gasteiger charge is -2.20. The first-order valence-electron chi connectivity index (χ1n) is 5.93. The number of benzene rings is 1. The van der Waals surface area contributed by atoms with E-state index in [0.29, 0.717) is 11.5 Å². The molecule has 1 aliphatic rings. The van der Waals surface area contributed by atoms with Gasteiger partial charge in [-0.15, -0.1) is 12.4 Å². The summed E-state index contributed by atoms with van der Waals surface area (Å²) in [6, 6.07) is 1.98. The zero-order valence-electron chi connectivity index (χ0n) is 10.9. The predicted octanol–water partition coefficient (Wildman–Crippen LogP) is 2.04. The molecule has 2 rings (SSSR count). The molecule has 0 radical (unpaired) electrons. The lowest BCUT2D eigenvalue weighted by Crippen LogP contribution is -2.28. The van der Waals surface area contributed by atoms with Gasteiger partial charge >= 0.3 is 0 Å². The molecule has 0 aliphatic heterocycles. The minimum Gasteiger partial charge on any atom is -0.493 e. The van der Waals surface area contributed by atoms with Gasteiger partial charge in [0.05, 0.1) is 26.4 Å². The van der Waals surface area contributed by atoms with E-state index in [-0.39, 0.29) is 23.9 Å². The van der Waals surface area contributed by atoms with E-state index >= 15 is 0 Å². The SMILES string of the molecule is COc1cc(F)c([C@@H](N)[C@@H](O)C2CC2)cc1OC.Cl. The summed E-state index contributed by atoms with van der Waals surface area (Å²) in [6.07, 6.45) is 1.19. The van der Waals surface area contributed by atoms with E-state index in [1.807, 2.05) is 0 Å². The maximum Gasteiger partial charge on any atom is 0.163 e. The first-order chi connectivity index (χ1) is 8.58. The highest BCUT2D eigenvalue weighted by atomic mass is 35.5. The van der Waals surface area contributed by atoms with Gasteiger partial charge in [0.25, 0.3) is 0 Å². The van der Waals surface area contributed by atoms with Crippen molar-refractivity contribution < 1.29 is 19.0 Å². The highest BCUT2D eigenvalue weighted by Gasteiger charge is 2.35. The fraction of sp³-hybridized carbons (Fsp3) is 0.538. The third-order valence-corrected chi connectivity index (χ3v) is 3.33. The maximum atomic E-state index is 13.9. The third-order valence-electron chi connectivity index (χ3n) is 3.33. The number of hydrogen-bond acceptors (Lipinski definition) is 4. The van der Waals surface area contributed by atoms with Crippen LogP contribution in [0, 0.1) is 11.7 Å². The number of methoxy groups -OCH3 is 2. The van der Waals surface area contributed by atoms with Crippen LogP contribution in [0.1, 0.15) is 24.4 Å². The van der Waals surface area contributed by atoms with Gasteiger partial charge in [-0.05, 0) is 24.8 Å². The van der Waals surface area contributed by atoms with Crippen LogP contribution in [0.15, 0.2) is 12.1 Å². The summed E-state index contributed by atoms with van der Waals surface area (Å²) < 4.78 is 24.0. The van der Waals surface area contributed by atoms with Crippen molar-refractivity contribution in [3.05, 3.63) is 23.5 Å². The number of aliphatic hydroxyl groups is 1. The molecule has 0 heterocycles. The molecule has 6 heteroatoms. The second-order valence-electron chi connectivity index (χ2n) is 4.58. The number of ether oxygens (including phenoxy) is 2. The summed E-state index contributed by atoms with van der Waals surface area (Å²) in [5.74, 6) is 0.423. The molecule has 108 valence electrons. The van der Waals surface area contributed by atoms with Crippen LogP contribution < -0.4 is 15.2 Å². The average molecular weight is 292 g/mol. The molecule has 1 aromatic carbocycles. The van der Waals surface area contributed by atoms with Gasteiger partial charge in [-0.3, -0.25) is 0 Å². The number of rotatable bonds is 5. The van der Waals surface area contributed by atoms with Gasteiger partial charge < -0.3 is 20.3 Å². The fourth-order valence-corrected chi connectivity index (χ4v) is 2.04. The van der Waals surface area contributed by atoms with Crippen LogP contribution >= 0.6 is 12.4 Å². The Hall–Kier alpha value is -1.04. The number of nitrogens with two attached hydrogens (primary N) is 1. The normalized spacial score (nSPS) is 17.3. The van der Waals surface area contributed by atoms with E-state index in [4.69, 9.17) is 15.2 Å². The zero-order chi connectivity index (χ0) is 13.3. The minimum absolute atomic E-state index is 0. The van der Waals surface area contributed by atoms with Gasteiger partial charge in [0.1, 0.15) is 5.82 Å². The summed E-state index contributed by atoms with van der Waals surface area (Å²) in [5, 5.41) is 9.96. The molecule has 1 fully saturated rings. The van der Waals surface area contributed by atoms with Crippen LogP contribution in [0.2, 0.25) is 0 Å². The Balaban J connectivity index is 0.00000180. The second kappa shape index (κ2) is 6.41.